The van der Waals surface area contributed by atoms with E-state index >= 15 is 0 Å². The number of carbonyl (C=O) groups is 2. The number of hydrogen-bond acceptors (Lipinski definition) is 2. The Morgan fingerprint density at radius 3 is 1.50 bits per heavy atom. The lowest BCUT2D eigenvalue weighted by Crippen LogP contribution is -1.92. The van der Waals surface area contributed by atoms with Crippen LogP contribution in [0.25, 0.3) is 0 Å². The highest BCUT2D eigenvalue weighted by molar-refractivity contribution is 5.66. The van der Waals surface area contributed by atoms with Crippen LogP contribution >= 0.6 is 0 Å². The van der Waals surface area contributed by atoms with E-state index in [1.54, 1.807) is 0 Å². The van der Waals surface area contributed by atoms with Crippen LogP contribution in [-0.4, -0.2) is 22.2 Å². The second-order valence-electron chi connectivity index (χ2n) is 3.10. The van der Waals surface area contributed by atoms with Gasteiger partial charge in [0.05, 0.1) is 0 Å². The van der Waals surface area contributed by atoms with Crippen LogP contribution in [0.5, 0.6) is 0 Å². The average Bonchev–Trinajstić information content (AvgIpc) is 2.20. The van der Waals surface area contributed by atoms with Crippen LogP contribution < -0.4 is 0 Å². The summed E-state index contributed by atoms with van der Waals surface area (Å²) in [5.74, 6) is 9.03. The standard InChI is InChI=1S/C12H14O4/c13-11(14)9-7-5-3-1-2-4-6-8-10-12(15)16/h5-10H2,(H,13,14)(H,15,16). The summed E-state index contributed by atoms with van der Waals surface area (Å²) in [6.07, 6.45) is 2.36. The van der Waals surface area contributed by atoms with Crippen molar-refractivity contribution in [2.24, 2.45) is 0 Å². The summed E-state index contributed by atoms with van der Waals surface area (Å²) >= 11 is 0. The maximum Gasteiger partial charge on any atom is 0.303 e. The monoisotopic (exact) mass is 222 g/mol. The third-order valence-electron chi connectivity index (χ3n) is 1.62. The second kappa shape index (κ2) is 9.61. The molecule has 0 radical (unpaired) electrons. The van der Waals surface area contributed by atoms with Crippen molar-refractivity contribution in [3.8, 4) is 23.7 Å². The van der Waals surface area contributed by atoms with Crippen LogP contribution in [0.1, 0.15) is 38.5 Å². The van der Waals surface area contributed by atoms with E-state index < -0.39 is 11.9 Å². The lowest BCUT2D eigenvalue weighted by molar-refractivity contribution is -0.138. The van der Waals surface area contributed by atoms with Gasteiger partial charge in [0.15, 0.2) is 0 Å². The molecule has 0 aromatic carbocycles. The molecule has 2 N–H and O–H groups in total. The molecule has 0 rings (SSSR count). The maximum atomic E-state index is 10.1. The molecule has 0 saturated heterocycles. The molecule has 0 atom stereocenters. The molecule has 4 nitrogen and oxygen atoms in total. The van der Waals surface area contributed by atoms with Crippen LogP contribution in [0.3, 0.4) is 0 Å². The number of hydrogen-bond donors (Lipinski definition) is 2. The molecule has 0 aromatic rings. The highest BCUT2D eigenvalue weighted by Crippen LogP contribution is 1.93. The maximum absolute atomic E-state index is 10.1. The molecule has 0 heterocycles. The van der Waals surface area contributed by atoms with E-state index in [9.17, 15) is 9.59 Å². The smallest absolute Gasteiger partial charge is 0.303 e. The summed E-state index contributed by atoms with van der Waals surface area (Å²) in [6, 6.07) is 0. The van der Waals surface area contributed by atoms with E-state index in [1.165, 1.54) is 0 Å². The molecular formula is C12H14O4. The largest absolute Gasteiger partial charge is 0.481 e. The lowest BCUT2D eigenvalue weighted by atomic mass is 10.2. The Morgan fingerprint density at radius 2 is 1.19 bits per heavy atom. The van der Waals surface area contributed by atoms with Crippen LogP contribution in [0.15, 0.2) is 0 Å². The first-order chi connectivity index (χ1) is 7.63. The van der Waals surface area contributed by atoms with Crippen LogP contribution in [0.2, 0.25) is 0 Å². The van der Waals surface area contributed by atoms with Crippen molar-refractivity contribution in [2.45, 2.75) is 38.5 Å². The van der Waals surface area contributed by atoms with Crippen LogP contribution in [0, 0.1) is 23.7 Å². The summed E-state index contributed by atoms with van der Waals surface area (Å²) < 4.78 is 0. The van der Waals surface area contributed by atoms with E-state index in [1.807, 2.05) is 0 Å². The summed E-state index contributed by atoms with van der Waals surface area (Å²) in [7, 11) is 0. The summed E-state index contributed by atoms with van der Waals surface area (Å²) in [5.41, 5.74) is 0. The third-order valence-corrected chi connectivity index (χ3v) is 1.62. The first-order valence-electron chi connectivity index (χ1n) is 5.02. The van der Waals surface area contributed by atoms with Gasteiger partial charge in [0, 0.05) is 25.7 Å². The van der Waals surface area contributed by atoms with E-state index in [4.69, 9.17) is 10.2 Å². The summed E-state index contributed by atoms with van der Waals surface area (Å²) in [5, 5.41) is 16.7. The minimum atomic E-state index is -0.818. The lowest BCUT2D eigenvalue weighted by Gasteiger charge is -1.87. The molecule has 0 unspecified atom stereocenters. The van der Waals surface area contributed by atoms with E-state index in [-0.39, 0.29) is 12.8 Å². The Kier molecular flexibility index (Phi) is 8.44. The topological polar surface area (TPSA) is 74.6 Å². The van der Waals surface area contributed by atoms with Gasteiger partial charge in [-0.15, -0.1) is 0 Å². The Hall–Kier alpha value is -1.94. The molecule has 0 aliphatic heterocycles. The van der Waals surface area contributed by atoms with Crippen molar-refractivity contribution < 1.29 is 19.8 Å². The average molecular weight is 222 g/mol. The quantitative estimate of drug-likeness (QED) is 0.527. The molecule has 0 aromatic heterocycles. The first kappa shape index (κ1) is 14.1. The number of aliphatic carboxylic acids is 2. The van der Waals surface area contributed by atoms with Crippen molar-refractivity contribution >= 4 is 11.9 Å². The fourth-order valence-corrected chi connectivity index (χ4v) is 0.869. The number of rotatable bonds is 6. The summed E-state index contributed by atoms with van der Waals surface area (Å²) in [4.78, 5) is 20.3. The number of carboxylic acids is 2. The van der Waals surface area contributed by atoms with Gasteiger partial charge in [-0.1, -0.05) is 11.8 Å². The van der Waals surface area contributed by atoms with Gasteiger partial charge in [0.25, 0.3) is 0 Å². The number of unbranched alkanes of at least 4 members (excludes halogenated alkanes) is 2. The predicted octanol–water partition coefficient (Wildman–Crippen LogP) is 1.50. The molecule has 0 bridgehead atoms. The zero-order valence-corrected chi connectivity index (χ0v) is 8.95. The fourth-order valence-electron chi connectivity index (χ4n) is 0.869. The zero-order chi connectivity index (χ0) is 12.2. The minimum absolute atomic E-state index is 0.126. The van der Waals surface area contributed by atoms with Gasteiger partial charge in [0.1, 0.15) is 0 Å². The Morgan fingerprint density at radius 1 is 0.812 bits per heavy atom. The van der Waals surface area contributed by atoms with Crippen molar-refractivity contribution in [3.63, 3.8) is 0 Å². The van der Waals surface area contributed by atoms with E-state index in [2.05, 4.69) is 23.7 Å². The van der Waals surface area contributed by atoms with Gasteiger partial charge in [-0.2, -0.15) is 0 Å². The molecule has 0 fully saturated rings. The van der Waals surface area contributed by atoms with Gasteiger partial charge in [-0.3, -0.25) is 9.59 Å². The molecule has 0 amide bonds. The van der Waals surface area contributed by atoms with Gasteiger partial charge >= 0.3 is 11.9 Å². The third kappa shape index (κ3) is 12.1. The normalized spacial score (nSPS) is 8.25. The van der Waals surface area contributed by atoms with Crippen LogP contribution in [0.4, 0.5) is 0 Å². The second-order valence-corrected chi connectivity index (χ2v) is 3.10. The molecule has 0 aliphatic rings. The fraction of sp³-hybridized carbons (Fsp3) is 0.500. The molecule has 0 aliphatic carbocycles. The predicted molar refractivity (Wildman–Crippen MR) is 58.5 cm³/mol. The summed E-state index contributed by atoms with van der Waals surface area (Å²) in [6.45, 7) is 0. The number of carboxylic acid groups (broad SMARTS) is 2. The highest BCUT2D eigenvalue weighted by Gasteiger charge is 1.93. The van der Waals surface area contributed by atoms with Crippen molar-refractivity contribution in [1.82, 2.24) is 0 Å². The van der Waals surface area contributed by atoms with Gasteiger partial charge in [-0.25, -0.2) is 0 Å². The Bertz CT molecular complexity index is 313. The first-order valence-corrected chi connectivity index (χ1v) is 5.02. The van der Waals surface area contributed by atoms with Crippen molar-refractivity contribution in [2.75, 3.05) is 0 Å². The van der Waals surface area contributed by atoms with E-state index in [0.717, 1.165) is 0 Å². The molecule has 4 heteroatoms. The zero-order valence-electron chi connectivity index (χ0n) is 8.95. The van der Waals surface area contributed by atoms with Crippen molar-refractivity contribution in [1.29, 1.82) is 0 Å². The molecular weight excluding hydrogens is 208 g/mol. The SMILES string of the molecule is O=C(O)CCCC#CC#CCCCC(=O)O. The molecule has 0 spiro atoms. The highest BCUT2D eigenvalue weighted by atomic mass is 16.4. The molecule has 0 saturated carbocycles. The van der Waals surface area contributed by atoms with Gasteiger partial charge < -0.3 is 10.2 Å². The van der Waals surface area contributed by atoms with Gasteiger partial charge in [0.2, 0.25) is 0 Å². The molecule has 86 valence electrons. The minimum Gasteiger partial charge on any atom is -0.481 e. The molecule has 16 heavy (non-hydrogen) atoms. The Labute approximate surface area is 94.7 Å². The Balaban J connectivity index is 3.48. The van der Waals surface area contributed by atoms with E-state index in [0.29, 0.717) is 25.7 Å². The van der Waals surface area contributed by atoms with Crippen LogP contribution in [-0.2, 0) is 9.59 Å². The van der Waals surface area contributed by atoms with Crippen molar-refractivity contribution in [3.05, 3.63) is 0 Å². The van der Waals surface area contributed by atoms with Gasteiger partial charge in [-0.05, 0) is 24.7 Å².